The lowest BCUT2D eigenvalue weighted by Crippen LogP contribution is -2.45. The van der Waals surface area contributed by atoms with E-state index in [1.807, 2.05) is 13.8 Å². The second-order valence-electron chi connectivity index (χ2n) is 5.17. The van der Waals surface area contributed by atoms with Crippen molar-refractivity contribution in [1.29, 1.82) is 0 Å². The molecule has 0 aromatic heterocycles. The van der Waals surface area contributed by atoms with Gasteiger partial charge in [-0.25, -0.2) is 0 Å². The Morgan fingerprint density at radius 2 is 1.95 bits per heavy atom. The predicted octanol–water partition coefficient (Wildman–Crippen LogP) is 2.43. The Labute approximate surface area is 116 Å². The Hall–Kier alpha value is -1.35. The molecule has 2 unspecified atom stereocenters. The highest BCUT2D eigenvalue weighted by Crippen LogP contribution is 2.06. The van der Waals surface area contributed by atoms with Crippen molar-refractivity contribution >= 4 is 5.91 Å². The van der Waals surface area contributed by atoms with Crippen LogP contribution in [-0.2, 0) is 11.2 Å². The molecule has 1 amide bonds. The standard InChI is InChI=1S/C16H26N2O/c1-5-13(3)18-16(19)14(4)17-11-10-15-9-7-6-8-12(15)2/h6-9,13-14,17H,5,10-11H2,1-4H3,(H,18,19). The highest BCUT2D eigenvalue weighted by molar-refractivity contribution is 5.81. The second kappa shape index (κ2) is 7.95. The molecular formula is C16H26N2O. The average Bonchev–Trinajstić information content (AvgIpc) is 2.40. The fourth-order valence-electron chi connectivity index (χ4n) is 1.88. The van der Waals surface area contributed by atoms with Crippen LogP contribution in [-0.4, -0.2) is 24.5 Å². The predicted molar refractivity (Wildman–Crippen MR) is 80.2 cm³/mol. The summed E-state index contributed by atoms with van der Waals surface area (Å²) in [6.45, 7) is 8.95. The maximum absolute atomic E-state index is 11.8. The number of rotatable bonds is 7. The molecule has 0 saturated heterocycles. The van der Waals surface area contributed by atoms with Crippen LogP contribution in [0.15, 0.2) is 24.3 Å². The molecule has 0 fully saturated rings. The zero-order valence-corrected chi connectivity index (χ0v) is 12.5. The van der Waals surface area contributed by atoms with E-state index < -0.39 is 0 Å². The Balaban J connectivity index is 2.33. The van der Waals surface area contributed by atoms with Crippen molar-refractivity contribution in [3.8, 4) is 0 Å². The summed E-state index contributed by atoms with van der Waals surface area (Å²) in [6, 6.07) is 8.47. The van der Waals surface area contributed by atoms with E-state index in [4.69, 9.17) is 0 Å². The molecule has 0 aliphatic rings. The van der Waals surface area contributed by atoms with E-state index in [1.54, 1.807) is 0 Å². The lowest BCUT2D eigenvalue weighted by Gasteiger charge is -2.17. The lowest BCUT2D eigenvalue weighted by molar-refractivity contribution is -0.123. The highest BCUT2D eigenvalue weighted by Gasteiger charge is 2.13. The van der Waals surface area contributed by atoms with Crippen molar-refractivity contribution in [3.05, 3.63) is 35.4 Å². The topological polar surface area (TPSA) is 41.1 Å². The fourth-order valence-corrected chi connectivity index (χ4v) is 1.88. The maximum atomic E-state index is 11.8. The largest absolute Gasteiger partial charge is 0.352 e. The minimum atomic E-state index is -0.141. The molecule has 0 bridgehead atoms. The first-order valence-corrected chi connectivity index (χ1v) is 7.12. The first-order chi connectivity index (χ1) is 9.04. The van der Waals surface area contributed by atoms with E-state index in [-0.39, 0.29) is 18.0 Å². The van der Waals surface area contributed by atoms with Crippen LogP contribution in [0.1, 0.15) is 38.3 Å². The summed E-state index contributed by atoms with van der Waals surface area (Å²) in [4.78, 5) is 11.8. The van der Waals surface area contributed by atoms with Crippen molar-refractivity contribution in [3.63, 3.8) is 0 Å². The van der Waals surface area contributed by atoms with Gasteiger partial charge < -0.3 is 10.6 Å². The molecule has 0 heterocycles. The Morgan fingerprint density at radius 1 is 1.26 bits per heavy atom. The van der Waals surface area contributed by atoms with E-state index in [0.29, 0.717) is 0 Å². The summed E-state index contributed by atoms with van der Waals surface area (Å²) >= 11 is 0. The highest BCUT2D eigenvalue weighted by atomic mass is 16.2. The summed E-state index contributed by atoms with van der Waals surface area (Å²) < 4.78 is 0. The SMILES string of the molecule is CCC(C)NC(=O)C(C)NCCc1ccccc1C. The van der Waals surface area contributed by atoms with Gasteiger partial charge in [-0.15, -0.1) is 0 Å². The van der Waals surface area contributed by atoms with Gasteiger partial charge in [0.15, 0.2) is 0 Å². The molecule has 1 aromatic carbocycles. The molecule has 0 radical (unpaired) electrons. The van der Waals surface area contributed by atoms with E-state index >= 15 is 0 Å². The van der Waals surface area contributed by atoms with Gasteiger partial charge in [-0.05, 0) is 51.3 Å². The number of benzene rings is 1. The van der Waals surface area contributed by atoms with Crippen molar-refractivity contribution in [2.45, 2.75) is 52.6 Å². The molecule has 0 aliphatic heterocycles. The summed E-state index contributed by atoms with van der Waals surface area (Å²) in [6.07, 6.45) is 1.91. The first-order valence-electron chi connectivity index (χ1n) is 7.12. The van der Waals surface area contributed by atoms with Gasteiger partial charge in [0.2, 0.25) is 5.91 Å². The van der Waals surface area contributed by atoms with Crippen LogP contribution < -0.4 is 10.6 Å². The Bertz CT molecular complexity index is 403. The van der Waals surface area contributed by atoms with Crippen LogP contribution in [0.3, 0.4) is 0 Å². The number of nitrogens with one attached hydrogen (secondary N) is 2. The van der Waals surface area contributed by atoms with E-state index in [0.717, 1.165) is 19.4 Å². The molecule has 106 valence electrons. The van der Waals surface area contributed by atoms with Gasteiger partial charge in [-0.2, -0.15) is 0 Å². The Kier molecular flexibility index (Phi) is 6.57. The number of hydrogen-bond donors (Lipinski definition) is 2. The zero-order valence-electron chi connectivity index (χ0n) is 12.5. The molecular weight excluding hydrogens is 236 g/mol. The number of carbonyl (C=O) groups is 1. The van der Waals surface area contributed by atoms with Gasteiger partial charge in [0.25, 0.3) is 0 Å². The first kappa shape index (κ1) is 15.7. The number of carbonyl (C=O) groups excluding carboxylic acids is 1. The molecule has 3 nitrogen and oxygen atoms in total. The summed E-state index contributed by atoms with van der Waals surface area (Å²) in [7, 11) is 0. The number of hydrogen-bond acceptors (Lipinski definition) is 2. The second-order valence-corrected chi connectivity index (χ2v) is 5.17. The van der Waals surface area contributed by atoms with Crippen molar-refractivity contribution in [2.24, 2.45) is 0 Å². The molecule has 1 rings (SSSR count). The van der Waals surface area contributed by atoms with E-state index in [9.17, 15) is 4.79 Å². The van der Waals surface area contributed by atoms with Crippen LogP contribution >= 0.6 is 0 Å². The third kappa shape index (κ3) is 5.43. The summed E-state index contributed by atoms with van der Waals surface area (Å²) in [5, 5.41) is 6.26. The quantitative estimate of drug-likeness (QED) is 0.792. The molecule has 3 heteroatoms. The third-order valence-corrected chi connectivity index (χ3v) is 3.50. The van der Waals surface area contributed by atoms with Gasteiger partial charge in [0, 0.05) is 6.04 Å². The zero-order chi connectivity index (χ0) is 14.3. The van der Waals surface area contributed by atoms with Crippen LogP contribution in [0.2, 0.25) is 0 Å². The third-order valence-electron chi connectivity index (χ3n) is 3.50. The molecule has 0 saturated carbocycles. The molecule has 0 aliphatic carbocycles. The van der Waals surface area contributed by atoms with Gasteiger partial charge in [0.1, 0.15) is 0 Å². The molecule has 2 atom stereocenters. The smallest absolute Gasteiger partial charge is 0.237 e. The number of amides is 1. The normalized spacial score (nSPS) is 13.9. The van der Waals surface area contributed by atoms with Crippen molar-refractivity contribution < 1.29 is 4.79 Å². The minimum absolute atomic E-state index is 0.0825. The maximum Gasteiger partial charge on any atom is 0.237 e. The molecule has 1 aromatic rings. The van der Waals surface area contributed by atoms with Gasteiger partial charge in [-0.1, -0.05) is 31.2 Å². The monoisotopic (exact) mass is 262 g/mol. The Morgan fingerprint density at radius 3 is 2.58 bits per heavy atom. The van der Waals surface area contributed by atoms with E-state index in [1.165, 1.54) is 11.1 Å². The van der Waals surface area contributed by atoms with Crippen LogP contribution in [0.5, 0.6) is 0 Å². The van der Waals surface area contributed by atoms with Crippen LogP contribution in [0.25, 0.3) is 0 Å². The van der Waals surface area contributed by atoms with Gasteiger partial charge >= 0.3 is 0 Å². The van der Waals surface area contributed by atoms with E-state index in [2.05, 4.69) is 48.7 Å². The fraction of sp³-hybridized carbons (Fsp3) is 0.562. The van der Waals surface area contributed by atoms with Gasteiger partial charge in [0.05, 0.1) is 6.04 Å². The number of aryl methyl sites for hydroxylation is 1. The molecule has 0 spiro atoms. The van der Waals surface area contributed by atoms with Crippen LogP contribution in [0.4, 0.5) is 0 Å². The van der Waals surface area contributed by atoms with Crippen molar-refractivity contribution in [1.82, 2.24) is 10.6 Å². The van der Waals surface area contributed by atoms with Crippen LogP contribution in [0, 0.1) is 6.92 Å². The minimum Gasteiger partial charge on any atom is -0.352 e. The van der Waals surface area contributed by atoms with Crippen molar-refractivity contribution in [2.75, 3.05) is 6.54 Å². The summed E-state index contributed by atoms with van der Waals surface area (Å²) in [5.74, 6) is 0.0825. The lowest BCUT2D eigenvalue weighted by atomic mass is 10.1. The molecule has 19 heavy (non-hydrogen) atoms. The molecule has 2 N–H and O–H groups in total. The van der Waals surface area contributed by atoms with Gasteiger partial charge in [-0.3, -0.25) is 4.79 Å². The summed E-state index contributed by atoms with van der Waals surface area (Å²) in [5.41, 5.74) is 2.64. The average molecular weight is 262 g/mol.